The molecular weight excluding hydrogens is 390 g/mol. The molecule has 8 nitrogen and oxygen atoms in total. The minimum absolute atomic E-state index is 0.0643. The van der Waals surface area contributed by atoms with Crippen molar-refractivity contribution in [2.45, 2.75) is 18.7 Å². The molecule has 2 aromatic rings. The van der Waals surface area contributed by atoms with Crippen LogP contribution in [0.1, 0.15) is 20.8 Å². The number of amides is 1. The topological polar surface area (TPSA) is 101 Å². The summed E-state index contributed by atoms with van der Waals surface area (Å²) in [6, 6.07) is 5.69. The van der Waals surface area contributed by atoms with E-state index in [-0.39, 0.29) is 42.7 Å². The van der Waals surface area contributed by atoms with Crippen molar-refractivity contribution < 1.29 is 18.1 Å². The van der Waals surface area contributed by atoms with E-state index in [1.807, 2.05) is 18.4 Å². The van der Waals surface area contributed by atoms with Crippen LogP contribution < -0.4 is 0 Å². The lowest BCUT2D eigenvalue weighted by Gasteiger charge is -2.34. The monoisotopic (exact) mass is 409 g/mol. The number of benzene rings is 1. The number of carbonyl (C=O) groups is 1. The Hall–Kier alpha value is -2.30. The van der Waals surface area contributed by atoms with Crippen LogP contribution in [0.2, 0.25) is 0 Å². The Kier molecular flexibility index (Phi) is 5.31. The van der Waals surface area contributed by atoms with E-state index < -0.39 is 14.9 Å². The third-order valence-electron chi connectivity index (χ3n) is 4.58. The first kappa shape index (κ1) is 19.5. The number of nitrogens with zero attached hydrogens (tertiary/aromatic N) is 3. The van der Waals surface area contributed by atoms with Crippen LogP contribution in [0.5, 0.6) is 0 Å². The second kappa shape index (κ2) is 7.37. The van der Waals surface area contributed by atoms with Crippen molar-refractivity contribution in [1.82, 2.24) is 9.21 Å². The number of carbonyl (C=O) groups excluding carboxylic acids is 1. The zero-order valence-electron chi connectivity index (χ0n) is 14.9. The fourth-order valence-corrected chi connectivity index (χ4v) is 5.55. The molecule has 1 fully saturated rings. The smallest absolute Gasteiger partial charge is 0.270 e. The summed E-state index contributed by atoms with van der Waals surface area (Å²) in [4.78, 5) is 25.2. The molecule has 0 aliphatic carbocycles. The first-order valence-corrected chi connectivity index (χ1v) is 10.6. The van der Waals surface area contributed by atoms with Crippen LogP contribution in [-0.4, -0.2) is 54.6 Å². The third-order valence-corrected chi connectivity index (χ3v) is 7.63. The highest BCUT2D eigenvalue weighted by atomic mass is 32.2. The minimum Gasteiger partial charge on any atom is -0.335 e. The van der Waals surface area contributed by atoms with Crippen molar-refractivity contribution in [3.8, 4) is 0 Å². The van der Waals surface area contributed by atoms with Crippen LogP contribution in [0.15, 0.2) is 34.5 Å². The summed E-state index contributed by atoms with van der Waals surface area (Å²) in [5, 5.41) is 12.8. The molecule has 10 heteroatoms. The van der Waals surface area contributed by atoms with E-state index >= 15 is 0 Å². The zero-order chi connectivity index (χ0) is 19.8. The Balaban J connectivity index is 1.77. The van der Waals surface area contributed by atoms with Crippen LogP contribution in [-0.2, 0) is 10.0 Å². The highest BCUT2D eigenvalue weighted by Gasteiger charge is 2.32. The van der Waals surface area contributed by atoms with E-state index in [9.17, 15) is 23.3 Å². The Labute approximate surface area is 161 Å². The van der Waals surface area contributed by atoms with E-state index in [2.05, 4.69) is 0 Å². The number of hydrogen-bond donors (Lipinski definition) is 0. The second-order valence-electron chi connectivity index (χ2n) is 6.34. The Morgan fingerprint density at radius 3 is 2.33 bits per heavy atom. The molecule has 0 radical (unpaired) electrons. The molecule has 2 heterocycles. The van der Waals surface area contributed by atoms with Gasteiger partial charge in [-0.15, -0.1) is 11.3 Å². The second-order valence-corrected chi connectivity index (χ2v) is 9.16. The molecule has 0 atom stereocenters. The summed E-state index contributed by atoms with van der Waals surface area (Å²) in [7, 11) is -3.87. The number of hydrogen-bond acceptors (Lipinski definition) is 6. The number of aryl methyl sites for hydroxylation is 2. The summed E-state index contributed by atoms with van der Waals surface area (Å²) >= 11 is 1.37. The number of thiophene rings is 1. The van der Waals surface area contributed by atoms with Crippen LogP contribution >= 0.6 is 11.3 Å². The van der Waals surface area contributed by atoms with Gasteiger partial charge in [-0.25, -0.2) is 8.42 Å². The van der Waals surface area contributed by atoms with Gasteiger partial charge >= 0.3 is 0 Å². The molecule has 0 bridgehead atoms. The van der Waals surface area contributed by atoms with Gasteiger partial charge in [-0.05, 0) is 36.4 Å². The molecule has 3 rings (SSSR count). The highest BCUT2D eigenvalue weighted by Crippen LogP contribution is 2.26. The van der Waals surface area contributed by atoms with Crippen molar-refractivity contribution in [3.05, 3.63) is 55.8 Å². The fourth-order valence-electron chi connectivity index (χ4n) is 2.99. The zero-order valence-corrected chi connectivity index (χ0v) is 16.5. The molecule has 0 saturated carbocycles. The predicted octanol–water partition coefficient (Wildman–Crippen LogP) is 2.42. The van der Waals surface area contributed by atoms with E-state index in [0.29, 0.717) is 10.4 Å². The average Bonchev–Trinajstić information content (AvgIpc) is 3.07. The van der Waals surface area contributed by atoms with Crippen molar-refractivity contribution in [2.75, 3.05) is 26.2 Å². The maximum atomic E-state index is 12.9. The van der Waals surface area contributed by atoms with Crippen molar-refractivity contribution in [2.24, 2.45) is 0 Å². The normalized spacial score (nSPS) is 15.7. The first-order chi connectivity index (χ1) is 12.7. The third kappa shape index (κ3) is 3.73. The van der Waals surface area contributed by atoms with Gasteiger partial charge in [-0.3, -0.25) is 14.9 Å². The summed E-state index contributed by atoms with van der Waals surface area (Å²) < 4.78 is 27.2. The first-order valence-electron chi connectivity index (χ1n) is 8.30. The Morgan fingerprint density at radius 1 is 1.11 bits per heavy atom. The van der Waals surface area contributed by atoms with Crippen LogP contribution in [0.3, 0.4) is 0 Å². The molecule has 0 N–H and O–H groups in total. The standard InChI is InChI=1S/C17H19N3O5S2/c1-12-3-4-14(20(22)23)11-15(12)27(24,25)19-8-6-18(7-9-19)17(21)16-13(2)5-10-26-16/h3-5,10-11H,6-9H2,1-2H3. The summed E-state index contributed by atoms with van der Waals surface area (Å²) in [5.41, 5.74) is 1.10. The lowest BCUT2D eigenvalue weighted by atomic mass is 10.2. The number of rotatable bonds is 4. The number of non-ortho nitro benzene ring substituents is 1. The maximum absolute atomic E-state index is 12.9. The Morgan fingerprint density at radius 2 is 1.78 bits per heavy atom. The van der Waals surface area contributed by atoms with Crippen LogP contribution in [0.4, 0.5) is 5.69 Å². The SMILES string of the molecule is Cc1ccc([N+](=O)[O-])cc1S(=O)(=O)N1CCN(C(=O)c2sccc2C)CC1. The van der Waals surface area contributed by atoms with Gasteiger partial charge in [0.15, 0.2) is 0 Å². The van der Waals surface area contributed by atoms with Gasteiger partial charge in [0.05, 0.1) is 14.7 Å². The van der Waals surface area contributed by atoms with E-state index in [0.717, 1.165) is 11.6 Å². The molecule has 1 amide bonds. The quantitative estimate of drug-likeness (QED) is 0.570. The number of sulfonamides is 1. The van der Waals surface area contributed by atoms with Gasteiger partial charge in [0.1, 0.15) is 0 Å². The van der Waals surface area contributed by atoms with Gasteiger partial charge < -0.3 is 4.90 Å². The van der Waals surface area contributed by atoms with Gasteiger partial charge in [0, 0.05) is 38.3 Å². The molecule has 0 unspecified atom stereocenters. The molecule has 144 valence electrons. The largest absolute Gasteiger partial charge is 0.335 e. The lowest BCUT2D eigenvalue weighted by molar-refractivity contribution is -0.385. The molecule has 1 aliphatic heterocycles. The van der Waals surface area contributed by atoms with E-state index in [1.54, 1.807) is 11.8 Å². The predicted molar refractivity (Wildman–Crippen MR) is 102 cm³/mol. The summed E-state index contributed by atoms with van der Waals surface area (Å²) in [5.74, 6) is -0.0916. The molecule has 0 spiro atoms. The maximum Gasteiger partial charge on any atom is 0.270 e. The molecule has 1 aromatic heterocycles. The number of nitro benzene ring substituents is 1. The average molecular weight is 409 g/mol. The Bertz CT molecular complexity index is 992. The molecule has 1 aliphatic rings. The van der Waals surface area contributed by atoms with E-state index in [1.165, 1.54) is 27.8 Å². The summed E-state index contributed by atoms with van der Waals surface area (Å²) in [6.45, 7) is 4.35. The van der Waals surface area contributed by atoms with Gasteiger partial charge in [-0.2, -0.15) is 4.31 Å². The molecule has 1 saturated heterocycles. The minimum atomic E-state index is -3.87. The van der Waals surface area contributed by atoms with Gasteiger partial charge in [-0.1, -0.05) is 6.07 Å². The van der Waals surface area contributed by atoms with Crippen LogP contribution in [0.25, 0.3) is 0 Å². The lowest BCUT2D eigenvalue weighted by Crippen LogP contribution is -2.50. The van der Waals surface area contributed by atoms with Crippen molar-refractivity contribution in [1.29, 1.82) is 0 Å². The summed E-state index contributed by atoms with van der Waals surface area (Å²) in [6.07, 6.45) is 0. The highest BCUT2D eigenvalue weighted by molar-refractivity contribution is 7.89. The number of nitro groups is 1. The molecule has 1 aromatic carbocycles. The van der Waals surface area contributed by atoms with Crippen LogP contribution in [0, 0.1) is 24.0 Å². The fraction of sp³-hybridized carbons (Fsp3) is 0.353. The molecular formula is C17H19N3O5S2. The van der Waals surface area contributed by atoms with Crippen molar-refractivity contribution in [3.63, 3.8) is 0 Å². The van der Waals surface area contributed by atoms with Gasteiger partial charge in [0.25, 0.3) is 11.6 Å². The van der Waals surface area contributed by atoms with Crippen molar-refractivity contribution >= 4 is 33.0 Å². The van der Waals surface area contributed by atoms with E-state index in [4.69, 9.17) is 0 Å². The number of piperazine rings is 1. The molecule has 27 heavy (non-hydrogen) atoms. The van der Waals surface area contributed by atoms with Gasteiger partial charge in [0.2, 0.25) is 10.0 Å².